The van der Waals surface area contributed by atoms with E-state index >= 15 is 0 Å². The Morgan fingerprint density at radius 3 is 2.56 bits per heavy atom. The molecule has 11 heteroatoms. The quantitative estimate of drug-likeness (QED) is 0.470. The maximum absolute atomic E-state index is 13.0. The maximum atomic E-state index is 13.0. The van der Waals surface area contributed by atoms with Crippen molar-refractivity contribution in [1.82, 2.24) is 14.5 Å². The number of carbonyl (C=O) groups excluding carboxylic acids is 1. The van der Waals surface area contributed by atoms with Gasteiger partial charge in [-0.2, -0.15) is 0 Å². The van der Waals surface area contributed by atoms with Crippen molar-refractivity contribution in [2.45, 2.75) is 43.8 Å². The van der Waals surface area contributed by atoms with Crippen molar-refractivity contribution in [2.24, 2.45) is 18.1 Å². The second-order valence-electron chi connectivity index (χ2n) is 9.62. The molecule has 36 heavy (non-hydrogen) atoms. The lowest BCUT2D eigenvalue weighted by atomic mass is 9.75. The zero-order valence-electron chi connectivity index (χ0n) is 20.7. The number of rotatable bonds is 9. The molecule has 1 aliphatic heterocycles. The summed E-state index contributed by atoms with van der Waals surface area (Å²) in [4.78, 5) is 30.4. The van der Waals surface area contributed by atoms with E-state index in [4.69, 9.17) is 33.1 Å². The molecule has 2 N–H and O–H groups in total. The lowest BCUT2D eigenvalue weighted by Crippen LogP contribution is -2.42. The molecule has 0 radical (unpaired) electrons. The van der Waals surface area contributed by atoms with E-state index in [9.17, 15) is 13.8 Å². The lowest BCUT2D eigenvalue weighted by Gasteiger charge is -2.39. The third-order valence-corrected chi connectivity index (χ3v) is 8.64. The molecular weight excluding hydrogens is 523 g/mol. The van der Waals surface area contributed by atoms with Crippen LogP contribution >= 0.6 is 23.2 Å². The summed E-state index contributed by atoms with van der Waals surface area (Å²) in [6, 6.07) is 3.51. The average Bonchev–Trinajstić information content (AvgIpc) is 2.84. The molecule has 1 saturated heterocycles. The largest absolute Gasteiger partial charge is 0.489 e. The van der Waals surface area contributed by atoms with Crippen LogP contribution in [0.2, 0.25) is 10.0 Å². The van der Waals surface area contributed by atoms with Crippen molar-refractivity contribution >= 4 is 40.1 Å². The minimum absolute atomic E-state index is 0.0880. The maximum Gasteiger partial charge on any atom is 0.273 e. The summed E-state index contributed by atoms with van der Waals surface area (Å²) in [6.45, 7) is 8.80. The second kappa shape index (κ2) is 11.9. The Hall–Kier alpha value is -2.20. The molecule has 1 aliphatic rings. The van der Waals surface area contributed by atoms with E-state index in [2.05, 4.69) is 11.6 Å². The molecule has 8 nitrogen and oxygen atoms in total. The summed E-state index contributed by atoms with van der Waals surface area (Å²) in [5.41, 5.74) is 0.828. The summed E-state index contributed by atoms with van der Waals surface area (Å²) in [7, 11) is 0.0307. The highest BCUT2D eigenvalue weighted by molar-refractivity contribution is 7.84. The van der Waals surface area contributed by atoms with E-state index in [-0.39, 0.29) is 29.0 Å². The predicted molar refractivity (Wildman–Crippen MR) is 144 cm³/mol. The van der Waals surface area contributed by atoms with E-state index in [1.54, 1.807) is 24.1 Å². The zero-order valence-corrected chi connectivity index (χ0v) is 23.0. The number of amides is 1. The Balaban J connectivity index is 1.89. The van der Waals surface area contributed by atoms with Gasteiger partial charge in [0.05, 0.1) is 32.0 Å². The Morgan fingerprint density at radius 1 is 1.33 bits per heavy atom. The van der Waals surface area contributed by atoms with E-state index in [1.807, 2.05) is 19.9 Å². The van der Waals surface area contributed by atoms with Gasteiger partial charge < -0.3 is 14.2 Å². The first-order valence-corrected chi connectivity index (χ1v) is 13.6. The number of aromatic nitrogens is 2. The van der Waals surface area contributed by atoms with Crippen LogP contribution in [0.3, 0.4) is 0 Å². The summed E-state index contributed by atoms with van der Waals surface area (Å²) in [5.74, 6) is 0.442. The van der Waals surface area contributed by atoms with E-state index in [1.165, 1.54) is 10.8 Å². The molecule has 0 bridgehead atoms. The van der Waals surface area contributed by atoms with Crippen molar-refractivity contribution in [3.63, 3.8) is 0 Å². The smallest absolute Gasteiger partial charge is 0.273 e. The van der Waals surface area contributed by atoms with Crippen LogP contribution in [0, 0.1) is 5.92 Å². The molecule has 1 aromatic heterocycles. The van der Waals surface area contributed by atoms with Crippen LogP contribution < -0.4 is 15.4 Å². The van der Waals surface area contributed by atoms with Gasteiger partial charge in [0.25, 0.3) is 11.5 Å². The number of hydrogen-bond donors (Lipinski definition) is 1. The van der Waals surface area contributed by atoms with Crippen molar-refractivity contribution in [3.8, 4) is 5.75 Å². The highest BCUT2D eigenvalue weighted by Gasteiger charge is 2.37. The van der Waals surface area contributed by atoms with Crippen LogP contribution in [-0.2, 0) is 18.0 Å². The second-order valence-corrected chi connectivity index (χ2v) is 12.1. The van der Waals surface area contributed by atoms with Crippen LogP contribution in [0.25, 0.3) is 0 Å². The van der Waals surface area contributed by atoms with Gasteiger partial charge in [-0.3, -0.25) is 14.7 Å². The number of halogens is 2. The molecule has 196 valence electrons. The molecule has 1 aromatic carbocycles. The zero-order chi connectivity index (χ0) is 26.6. The van der Waals surface area contributed by atoms with Crippen LogP contribution in [0.15, 0.2) is 42.0 Å². The number of aryl methyl sites for hydroxylation is 1. The molecule has 1 amide bonds. The van der Waals surface area contributed by atoms with Gasteiger partial charge in [-0.25, -0.2) is 9.19 Å². The third kappa shape index (κ3) is 6.56. The van der Waals surface area contributed by atoms with E-state index in [0.29, 0.717) is 54.8 Å². The van der Waals surface area contributed by atoms with Crippen LogP contribution in [0.1, 0.15) is 55.1 Å². The molecule has 0 saturated carbocycles. The van der Waals surface area contributed by atoms with Gasteiger partial charge in [0, 0.05) is 32.4 Å². The van der Waals surface area contributed by atoms with E-state index in [0.717, 1.165) is 11.8 Å². The number of ether oxygens (including phenoxy) is 1. The van der Waals surface area contributed by atoms with Crippen LogP contribution in [-0.4, -0.2) is 49.0 Å². The van der Waals surface area contributed by atoms with Gasteiger partial charge in [-0.15, -0.1) is 0 Å². The number of likely N-dealkylation sites (tertiary alicyclic amines) is 1. The number of benzene rings is 1. The first-order valence-electron chi connectivity index (χ1n) is 11.7. The number of carbonyl (C=O) groups is 1. The topological polar surface area (TPSA) is 108 Å². The van der Waals surface area contributed by atoms with Gasteiger partial charge in [-0.1, -0.05) is 35.9 Å². The van der Waals surface area contributed by atoms with Gasteiger partial charge in [0.2, 0.25) is 0 Å². The van der Waals surface area contributed by atoms with Gasteiger partial charge in [0.15, 0.2) is 0 Å². The number of piperidine rings is 1. The summed E-state index contributed by atoms with van der Waals surface area (Å²) < 4.78 is 19.0. The first kappa shape index (κ1) is 28.4. The van der Waals surface area contributed by atoms with Crippen molar-refractivity contribution in [2.75, 3.05) is 19.7 Å². The van der Waals surface area contributed by atoms with Crippen LogP contribution in [0.5, 0.6) is 5.75 Å². The van der Waals surface area contributed by atoms with Gasteiger partial charge in [-0.05, 0) is 56.6 Å². The molecule has 2 aromatic rings. The molecule has 0 aliphatic carbocycles. The minimum Gasteiger partial charge on any atom is -0.489 e. The van der Waals surface area contributed by atoms with Gasteiger partial charge >= 0.3 is 0 Å². The third-order valence-electron chi connectivity index (χ3n) is 6.66. The van der Waals surface area contributed by atoms with Crippen molar-refractivity contribution in [1.29, 1.82) is 0 Å². The fourth-order valence-corrected chi connectivity index (χ4v) is 5.19. The standard InChI is InChI=1S/C25H32Cl2N4O4S/c1-5-10-35-22-12-20(27)19(26)11-17(22)18(13-25(2,3)36(28)34)16-6-8-31(9-7-16)24(33)21-15-30(4)23(32)14-29-21/h5,11-12,14-16,18H,1,6-10,13,28H2,2-4H3/t18-,36?/m1/s1. The van der Waals surface area contributed by atoms with Crippen LogP contribution in [0.4, 0.5) is 0 Å². The number of hydrogen-bond acceptors (Lipinski definition) is 5. The molecular formula is C25H32Cl2N4O4S. The van der Waals surface area contributed by atoms with Gasteiger partial charge in [0.1, 0.15) is 18.1 Å². The number of nitrogens with two attached hydrogens (primary N) is 1. The summed E-state index contributed by atoms with van der Waals surface area (Å²) >= 11 is 12.7. The highest BCUT2D eigenvalue weighted by Crippen LogP contribution is 2.45. The molecule has 2 heterocycles. The monoisotopic (exact) mass is 554 g/mol. The minimum atomic E-state index is -1.56. The SMILES string of the molecule is C=CCOc1cc(Cl)c(Cl)cc1[C@H](CC(C)(C)S(N)=O)C1CCN(C(=O)c2cn(C)c(=O)cn2)CC1. The number of nitrogens with zero attached hydrogens (tertiary/aromatic N) is 3. The molecule has 2 atom stereocenters. The first-order chi connectivity index (χ1) is 16.9. The summed E-state index contributed by atoms with van der Waals surface area (Å²) in [6.07, 6.45) is 6.20. The Morgan fingerprint density at radius 2 is 1.97 bits per heavy atom. The fraction of sp³-hybridized carbons (Fsp3) is 0.480. The van der Waals surface area contributed by atoms with Crippen molar-refractivity contribution in [3.05, 3.63) is 68.8 Å². The lowest BCUT2D eigenvalue weighted by molar-refractivity contribution is 0.0666. The van der Waals surface area contributed by atoms with Crippen molar-refractivity contribution < 1.29 is 13.7 Å². The molecule has 1 fully saturated rings. The van der Waals surface area contributed by atoms with E-state index < -0.39 is 15.7 Å². The summed E-state index contributed by atoms with van der Waals surface area (Å²) in [5, 5.41) is 6.63. The normalized spacial score (nSPS) is 16.4. The molecule has 1 unspecified atom stereocenters. The Labute approximate surface area is 224 Å². The highest BCUT2D eigenvalue weighted by atomic mass is 35.5. The molecule has 0 spiro atoms. The Kier molecular flexibility index (Phi) is 9.38. The fourth-order valence-electron chi connectivity index (χ4n) is 4.52. The Bertz CT molecular complexity index is 1210. The molecule has 3 rings (SSSR count). The average molecular weight is 556 g/mol. The predicted octanol–water partition coefficient (Wildman–Crippen LogP) is 4.08.